The lowest BCUT2D eigenvalue weighted by Gasteiger charge is -2.29. The maximum atomic E-state index is 3.68. The van der Waals surface area contributed by atoms with E-state index in [9.17, 15) is 0 Å². The van der Waals surface area contributed by atoms with Gasteiger partial charge in [-0.3, -0.25) is 0 Å². The van der Waals surface area contributed by atoms with Crippen molar-refractivity contribution in [1.29, 1.82) is 0 Å². The highest BCUT2D eigenvalue weighted by molar-refractivity contribution is 7.99. The average Bonchev–Trinajstić information content (AvgIpc) is 2.06. The van der Waals surface area contributed by atoms with Gasteiger partial charge in [-0.1, -0.05) is 20.3 Å². The minimum atomic E-state index is 0.783. The van der Waals surface area contributed by atoms with Crippen molar-refractivity contribution in [1.82, 2.24) is 5.32 Å². The number of hydrogen-bond acceptors (Lipinski definition) is 2. The number of nitrogens with one attached hydrogen (secondary N) is 1. The SMILES string of the molecule is CCCC1CSCC(CC)N1. The second-order valence-electron chi connectivity index (χ2n) is 3.29. The molecule has 0 saturated carbocycles. The zero-order valence-corrected chi connectivity index (χ0v) is 8.41. The zero-order chi connectivity index (χ0) is 8.10. The minimum absolute atomic E-state index is 0.783. The number of hydrogen-bond donors (Lipinski definition) is 1. The molecule has 1 nitrogen and oxygen atoms in total. The normalized spacial score (nSPS) is 32.2. The van der Waals surface area contributed by atoms with Crippen molar-refractivity contribution in [2.75, 3.05) is 11.5 Å². The summed E-state index contributed by atoms with van der Waals surface area (Å²) in [6.45, 7) is 4.54. The van der Waals surface area contributed by atoms with E-state index in [4.69, 9.17) is 0 Å². The van der Waals surface area contributed by atoms with Gasteiger partial charge in [-0.15, -0.1) is 0 Å². The first kappa shape index (κ1) is 9.40. The van der Waals surface area contributed by atoms with Gasteiger partial charge in [-0.25, -0.2) is 0 Å². The molecule has 0 aliphatic carbocycles. The Kier molecular flexibility index (Phi) is 4.31. The van der Waals surface area contributed by atoms with Crippen LogP contribution in [0, 0.1) is 0 Å². The highest BCUT2D eigenvalue weighted by atomic mass is 32.2. The fraction of sp³-hybridized carbons (Fsp3) is 1.00. The van der Waals surface area contributed by atoms with Crippen LogP contribution < -0.4 is 5.32 Å². The summed E-state index contributed by atoms with van der Waals surface area (Å²) in [6, 6.07) is 1.58. The molecule has 2 atom stereocenters. The number of rotatable bonds is 3. The molecular formula is C9H19NS. The van der Waals surface area contributed by atoms with Crippen LogP contribution >= 0.6 is 11.8 Å². The Morgan fingerprint density at radius 1 is 1.27 bits per heavy atom. The first-order valence-corrected chi connectivity index (χ1v) is 5.86. The van der Waals surface area contributed by atoms with E-state index in [2.05, 4.69) is 30.9 Å². The van der Waals surface area contributed by atoms with Crippen molar-refractivity contribution in [3.05, 3.63) is 0 Å². The highest BCUT2D eigenvalue weighted by Crippen LogP contribution is 2.16. The molecule has 11 heavy (non-hydrogen) atoms. The fourth-order valence-corrected chi connectivity index (χ4v) is 2.83. The van der Waals surface area contributed by atoms with E-state index in [-0.39, 0.29) is 0 Å². The molecule has 1 aliphatic rings. The third-order valence-electron chi connectivity index (χ3n) is 2.24. The molecule has 0 aromatic heterocycles. The summed E-state index contributed by atoms with van der Waals surface area (Å²) in [4.78, 5) is 0. The fourth-order valence-electron chi connectivity index (χ4n) is 1.53. The minimum Gasteiger partial charge on any atom is -0.310 e. The van der Waals surface area contributed by atoms with Crippen LogP contribution in [0.5, 0.6) is 0 Å². The Hall–Kier alpha value is 0.310. The second kappa shape index (κ2) is 5.04. The van der Waals surface area contributed by atoms with E-state index in [1.807, 2.05) is 0 Å². The van der Waals surface area contributed by atoms with Crippen molar-refractivity contribution in [3.8, 4) is 0 Å². The summed E-state index contributed by atoms with van der Waals surface area (Å²) < 4.78 is 0. The van der Waals surface area contributed by atoms with Gasteiger partial charge in [0.05, 0.1) is 0 Å². The van der Waals surface area contributed by atoms with E-state index in [1.54, 1.807) is 0 Å². The smallest absolute Gasteiger partial charge is 0.0161 e. The molecule has 1 N–H and O–H groups in total. The van der Waals surface area contributed by atoms with Crippen LogP contribution in [0.4, 0.5) is 0 Å². The molecule has 2 heteroatoms. The maximum Gasteiger partial charge on any atom is 0.0161 e. The average molecular weight is 173 g/mol. The van der Waals surface area contributed by atoms with E-state index < -0.39 is 0 Å². The van der Waals surface area contributed by atoms with Crippen LogP contribution in [0.15, 0.2) is 0 Å². The van der Waals surface area contributed by atoms with Gasteiger partial charge >= 0.3 is 0 Å². The van der Waals surface area contributed by atoms with Crippen molar-refractivity contribution in [3.63, 3.8) is 0 Å². The summed E-state index contributed by atoms with van der Waals surface area (Å²) >= 11 is 2.11. The van der Waals surface area contributed by atoms with Crippen molar-refractivity contribution in [2.24, 2.45) is 0 Å². The van der Waals surface area contributed by atoms with Crippen LogP contribution in [0.1, 0.15) is 33.1 Å². The Balaban J connectivity index is 2.21. The highest BCUT2D eigenvalue weighted by Gasteiger charge is 2.18. The topological polar surface area (TPSA) is 12.0 Å². The van der Waals surface area contributed by atoms with Crippen LogP contribution in [-0.2, 0) is 0 Å². The molecule has 66 valence electrons. The first-order valence-electron chi connectivity index (χ1n) is 4.70. The maximum absolute atomic E-state index is 3.68. The van der Waals surface area contributed by atoms with Crippen LogP contribution in [-0.4, -0.2) is 23.6 Å². The molecule has 0 radical (unpaired) electrons. The first-order chi connectivity index (χ1) is 5.36. The van der Waals surface area contributed by atoms with Crippen LogP contribution in [0.2, 0.25) is 0 Å². The largest absolute Gasteiger partial charge is 0.310 e. The van der Waals surface area contributed by atoms with Gasteiger partial charge < -0.3 is 5.32 Å². The lowest BCUT2D eigenvalue weighted by molar-refractivity contribution is 0.432. The molecule has 0 bridgehead atoms. The second-order valence-corrected chi connectivity index (χ2v) is 4.37. The van der Waals surface area contributed by atoms with E-state index in [0.29, 0.717) is 0 Å². The summed E-state index contributed by atoms with van der Waals surface area (Å²) in [5.41, 5.74) is 0. The molecular weight excluding hydrogens is 154 g/mol. The number of thioether (sulfide) groups is 1. The molecule has 1 saturated heterocycles. The van der Waals surface area contributed by atoms with Gasteiger partial charge in [-0.05, 0) is 12.8 Å². The van der Waals surface area contributed by atoms with E-state index in [0.717, 1.165) is 12.1 Å². The van der Waals surface area contributed by atoms with Crippen LogP contribution in [0.25, 0.3) is 0 Å². The van der Waals surface area contributed by atoms with Gasteiger partial charge in [0.2, 0.25) is 0 Å². The van der Waals surface area contributed by atoms with Gasteiger partial charge in [0, 0.05) is 23.6 Å². The Morgan fingerprint density at radius 3 is 2.64 bits per heavy atom. The molecule has 1 fully saturated rings. The molecule has 1 rings (SSSR count). The van der Waals surface area contributed by atoms with Gasteiger partial charge in [0.25, 0.3) is 0 Å². The molecule has 1 aliphatic heterocycles. The molecule has 1 heterocycles. The third kappa shape index (κ3) is 3.04. The predicted molar refractivity (Wildman–Crippen MR) is 53.2 cm³/mol. The van der Waals surface area contributed by atoms with Crippen molar-refractivity contribution >= 4 is 11.8 Å². The molecule has 0 spiro atoms. The Bertz CT molecular complexity index is 104. The van der Waals surface area contributed by atoms with Crippen molar-refractivity contribution < 1.29 is 0 Å². The molecule has 0 aromatic carbocycles. The molecule has 0 aromatic rings. The Morgan fingerprint density at radius 2 is 2.00 bits per heavy atom. The zero-order valence-electron chi connectivity index (χ0n) is 7.60. The summed E-state index contributed by atoms with van der Waals surface area (Å²) in [5, 5.41) is 3.68. The third-order valence-corrected chi connectivity index (χ3v) is 3.52. The molecule has 0 amide bonds. The Labute approximate surface area is 74.3 Å². The monoisotopic (exact) mass is 173 g/mol. The summed E-state index contributed by atoms with van der Waals surface area (Å²) in [5.74, 6) is 2.64. The lowest BCUT2D eigenvalue weighted by Crippen LogP contribution is -2.44. The van der Waals surface area contributed by atoms with Crippen LogP contribution in [0.3, 0.4) is 0 Å². The van der Waals surface area contributed by atoms with Gasteiger partial charge in [0.15, 0.2) is 0 Å². The lowest BCUT2D eigenvalue weighted by atomic mass is 10.1. The van der Waals surface area contributed by atoms with E-state index in [1.165, 1.54) is 30.8 Å². The van der Waals surface area contributed by atoms with E-state index >= 15 is 0 Å². The van der Waals surface area contributed by atoms with Gasteiger partial charge in [0.1, 0.15) is 0 Å². The standard InChI is InChI=1S/C9H19NS/c1-3-5-9-7-11-6-8(4-2)10-9/h8-10H,3-7H2,1-2H3. The van der Waals surface area contributed by atoms with Gasteiger partial charge in [-0.2, -0.15) is 11.8 Å². The summed E-state index contributed by atoms with van der Waals surface area (Å²) in [7, 11) is 0. The molecule has 2 unspecified atom stereocenters. The summed E-state index contributed by atoms with van der Waals surface area (Å²) in [6.07, 6.45) is 3.95. The van der Waals surface area contributed by atoms with Crippen molar-refractivity contribution in [2.45, 2.75) is 45.2 Å². The predicted octanol–water partition coefficient (Wildman–Crippen LogP) is 2.27. The quantitative estimate of drug-likeness (QED) is 0.702.